The lowest BCUT2D eigenvalue weighted by molar-refractivity contribution is -0.384. The molecule has 0 fully saturated rings. The van der Waals surface area contributed by atoms with Gasteiger partial charge < -0.3 is 15.2 Å². The molecule has 0 aromatic heterocycles. The monoisotopic (exact) mass is 322 g/mol. The van der Waals surface area contributed by atoms with E-state index in [4.69, 9.17) is 5.11 Å². The quantitative estimate of drug-likeness (QED) is 0.486. The second kappa shape index (κ2) is 6.74. The number of alkyl halides is 3. The number of carboxylic acid groups (broad SMARTS) is 1. The average Bonchev–Trinajstić information content (AvgIpc) is 2.42. The molecule has 1 atom stereocenters. The third-order valence-corrected chi connectivity index (χ3v) is 2.44. The van der Waals surface area contributed by atoms with Gasteiger partial charge in [-0.15, -0.1) is 0 Å². The maximum absolute atomic E-state index is 12.2. The van der Waals surface area contributed by atoms with Gasteiger partial charge in [-0.1, -0.05) is 12.1 Å². The number of ether oxygens (including phenoxy) is 1. The number of carbonyl (C=O) groups excluding carboxylic acids is 1. The van der Waals surface area contributed by atoms with E-state index in [-0.39, 0.29) is 11.3 Å². The van der Waals surface area contributed by atoms with Crippen LogP contribution in [-0.4, -0.2) is 34.9 Å². The molecule has 1 aromatic carbocycles. The van der Waals surface area contributed by atoms with Crippen LogP contribution in [0, 0.1) is 10.1 Å². The first-order valence-electron chi connectivity index (χ1n) is 5.59. The van der Waals surface area contributed by atoms with Crippen LogP contribution in [0.5, 0.6) is 0 Å². The Hall–Kier alpha value is -2.85. The lowest BCUT2D eigenvalue weighted by atomic mass is 10.1. The minimum Gasteiger partial charge on any atom is -0.450 e. The number of benzene rings is 1. The molecule has 0 bridgehead atoms. The summed E-state index contributed by atoms with van der Waals surface area (Å²) >= 11 is 0. The van der Waals surface area contributed by atoms with Crippen LogP contribution in [0.25, 0.3) is 0 Å². The Morgan fingerprint density at radius 3 is 2.27 bits per heavy atom. The van der Waals surface area contributed by atoms with Gasteiger partial charge in [-0.2, -0.15) is 13.2 Å². The summed E-state index contributed by atoms with van der Waals surface area (Å²) in [7, 11) is 0. The lowest BCUT2D eigenvalue weighted by Gasteiger charge is -2.19. The van der Waals surface area contributed by atoms with Gasteiger partial charge in [0.2, 0.25) is 0 Å². The van der Waals surface area contributed by atoms with Crippen LogP contribution in [0.1, 0.15) is 11.6 Å². The Bertz CT molecular complexity index is 572. The number of halogens is 3. The van der Waals surface area contributed by atoms with Crippen molar-refractivity contribution in [3.05, 3.63) is 39.9 Å². The van der Waals surface area contributed by atoms with Crippen LogP contribution in [0.3, 0.4) is 0 Å². The third-order valence-electron chi connectivity index (χ3n) is 2.44. The summed E-state index contributed by atoms with van der Waals surface area (Å²) in [5.74, 6) is -2.29. The first kappa shape index (κ1) is 17.2. The van der Waals surface area contributed by atoms with Crippen molar-refractivity contribution in [3.63, 3.8) is 0 Å². The van der Waals surface area contributed by atoms with Crippen LogP contribution in [0.15, 0.2) is 24.3 Å². The Morgan fingerprint density at radius 1 is 1.32 bits per heavy atom. The molecule has 120 valence electrons. The van der Waals surface area contributed by atoms with Gasteiger partial charge in [0.1, 0.15) is 6.61 Å². The topological polar surface area (TPSA) is 119 Å². The van der Waals surface area contributed by atoms with E-state index in [1.165, 1.54) is 0 Å². The van der Waals surface area contributed by atoms with Crippen molar-refractivity contribution in [2.45, 2.75) is 12.2 Å². The third kappa shape index (κ3) is 4.92. The zero-order chi connectivity index (χ0) is 16.9. The van der Waals surface area contributed by atoms with Gasteiger partial charge in [0.15, 0.2) is 0 Å². The van der Waals surface area contributed by atoms with E-state index in [1.54, 1.807) is 5.32 Å². The molecule has 1 rings (SSSR count). The number of hydrogen-bond donors (Lipinski definition) is 2. The molecule has 0 saturated carbocycles. The Morgan fingerprint density at radius 2 is 1.86 bits per heavy atom. The summed E-state index contributed by atoms with van der Waals surface area (Å²) in [5.41, 5.74) is -0.298. The van der Waals surface area contributed by atoms with Crippen molar-refractivity contribution in [2.75, 3.05) is 6.61 Å². The normalized spacial score (nSPS) is 12.3. The molecule has 0 heterocycles. The van der Waals surface area contributed by atoms with E-state index in [9.17, 15) is 32.9 Å². The van der Waals surface area contributed by atoms with Gasteiger partial charge in [0.25, 0.3) is 5.69 Å². The van der Waals surface area contributed by atoms with E-state index in [0.29, 0.717) is 0 Å². The van der Waals surface area contributed by atoms with Gasteiger partial charge in [0, 0.05) is 12.1 Å². The van der Waals surface area contributed by atoms with E-state index < -0.39 is 35.8 Å². The first-order valence-corrected chi connectivity index (χ1v) is 5.59. The molecule has 0 aliphatic heterocycles. The number of carbonyl (C=O) groups is 2. The van der Waals surface area contributed by atoms with Crippen molar-refractivity contribution in [2.24, 2.45) is 0 Å². The molecule has 22 heavy (non-hydrogen) atoms. The molecule has 0 radical (unpaired) electrons. The number of non-ortho nitro benzene ring substituents is 1. The predicted octanol–water partition coefficient (Wildman–Crippen LogP) is 2.01. The maximum Gasteiger partial charge on any atom is 0.505 e. The molecule has 1 amide bonds. The number of hydrogen-bond acceptors (Lipinski definition) is 5. The van der Waals surface area contributed by atoms with Crippen molar-refractivity contribution >= 4 is 17.7 Å². The molecule has 0 aliphatic carbocycles. The summed E-state index contributed by atoms with van der Waals surface area (Å²) in [6.45, 7) is -0.783. The fourth-order valence-corrected chi connectivity index (χ4v) is 1.44. The van der Waals surface area contributed by atoms with Gasteiger partial charge in [-0.3, -0.25) is 14.9 Å². The number of nitro groups is 1. The highest BCUT2D eigenvalue weighted by Crippen LogP contribution is 2.21. The number of nitrogens with zero attached hydrogens (tertiary/aromatic N) is 1. The fourth-order valence-electron chi connectivity index (χ4n) is 1.44. The summed E-state index contributed by atoms with van der Waals surface area (Å²) in [6.07, 6.45) is -6.91. The Labute approximate surface area is 120 Å². The maximum atomic E-state index is 12.2. The fraction of sp³-hybridized carbons (Fsp3) is 0.273. The highest BCUT2D eigenvalue weighted by atomic mass is 19.4. The van der Waals surface area contributed by atoms with Crippen molar-refractivity contribution in [1.29, 1.82) is 0 Å². The molecule has 1 aromatic rings. The minimum atomic E-state index is -5.16. The van der Waals surface area contributed by atoms with Gasteiger partial charge in [-0.25, -0.2) is 4.79 Å². The lowest BCUT2D eigenvalue weighted by Crippen LogP contribution is -2.40. The smallest absolute Gasteiger partial charge is 0.450 e. The second-order valence-corrected chi connectivity index (χ2v) is 3.95. The Kier molecular flexibility index (Phi) is 5.27. The van der Waals surface area contributed by atoms with Crippen molar-refractivity contribution in [3.8, 4) is 0 Å². The molecule has 0 saturated heterocycles. The standard InChI is InChI=1S/C11H9F3N2O6/c12-11(13,14)9(17)15-8(5-22-10(18)19)6-1-3-7(4-2-6)16(20)21/h1-4,8H,5H2,(H,15,17)(H,18,19). The molecular formula is C11H9F3N2O6. The van der Waals surface area contributed by atoms with Crippen LogP contribution in [0.4, 0.5) is 23.7 Å². The van der Waals surface area contributed by atoms with Gasteiger partial charge in [0.05, 0.1) is 11.0 Å². The first-order chi connectivity index (χ1) is 10.1. The molecule has 8 nitrogen and oxygen atoms in total. The van der Waals surface area contributed by atoms with E-state index in [2.05, 4.69) is 4.74 Å². The average molecular weight is 322 g/mol. The molecule has 0 spiro atoms. The molecule has 1 unspecified atom stereocenters. The molecule has 0 aliphatic rings. The molecule has 11 heteroatoms. The summed E-state index contributed by atoms with van der Waals surface area (Å²) in [6, 6.07) is 2.74. The predicted molar refractivity (Wildman–Crippen MR) is 64.0 cm³/mol. The zero-order valence-electron chi connectivity index (χ0n) is 10.7. The van der Waals surface area contributed by atoms with E-state index in [0.717, 1.165) is 24.3 Å². The van der Waals surface area contributed by atoms with Crippen molar-refractivity contribution in [1.82, 2.24) is 5.32 Å². The van der Waals surface area contributed by atoms with Crippen LogP contribution >= 0.6 is 0 Å². The number of nitrogens with one attached hydrogen (secondary N) is 1. The zero-order valence-corrected chi connectivity index (χ0v) is 10.7. The van der Waals surface area contributed by atoms with Gasteiger partial charge in [-0.05, 0) is 5.56 Å². The molecular weight excluding hydrogens is 313 g/mol. The highest BCUT2D eigenvalue weighted by molar-refractivity contribution is 5.82. The largest absolute Gasteiger partial charge is 0.505 e. The Balaban J connectivity index is 2.96. The minimum absolute atomic E-state index is 0.0180. The van der Waals surface area contributed by atoms with Crippen LogP contribution in [-0.2, 0) is 9.53 Å². The number of rotatable bonds is 5. The molecule has 2 N–H and O–H groups in total. The highest BCUT2D eigenvalue weighted by Gasteiger charge is 2.40. The number of amides is 1. The second-order valence-electron chi connectivity index (χ2n) is 3.95. The van der Waals surface area contributed by atoms with Crippen molar-refractivity contribution < 1.29 is 37.5 Å². The van der Waals surface area contributed by atoms with Gasteiger partial charge >= 0.3 is 18.2 Å². The van der Waals surface area contributed by atoms with E-state index >= 15 is 0 Å². The SMILES string of the molecule is O=C(O)OCC(NC(=O)C(F)(F)F)c1ccc([N+](=O)[O-])cc1. The summed E-state index contributed by atoms with van der Waals surface area (Å²) in [5, 5.41) is 20.4. The summed E-state index contributed by atoms with van der Waals surface area (Å²) in [4.78, 5) is 31.0. The van der Waals surface area contributed by atoms with E-state index in [1.807, 2.05) is 0 Å². The summed E-state index contributed by atoms with van der Waals surface area (Å²) < 4.78 is 40.9. The number of nitro benzene ring substituents is 1. The van der Waals surface area contributed by atoms with Crippen LogP contribution < -0.4 is 5.32 Å². The van der Waals surface area contributed by atoms with Crippen LogP contribution in [0.2, 0.25) is 0 Å².